The summed E-state index contributed by atoms with van der Waals surface area (Å²) in [5.41, 5.74) is 0.743. The lowest BCUT2D eigenvalue weighted by molar-refractivity contribution is 0.0970. The molecule has 0 aliphatic heterocycles. The van der Waals surface area contributed by atoms with Gasteiger partial charge < -0.3 is 4.90 Å². The number of ketones is 1. The van der Waals surface area contributed by atoms with E-state index in [1.165, 1.54) is 0 Å². The van der Waals surface area contributed by atoms with Gasteiger partial charge in [-0.2, -0.15) is 11.8 Å². The maximum atomic E-state index is 11.9. The normalized spacial score (nSPS) is 10.8. The minimum Gasteiger partial charge on any atom is -0.305 e. The van der Waals surface area contributed by atoms with Gasteiger partial charge in [0.2, 0.25) is 0 Å². The molecule has 2 nitrogen and oxygen atoms in total. The Balaban J connectivity index is 2.36. The number of thioether (sulfide) groups is 1. The van der Waals surface area contributed by atoms with Crippen molar-refractivity contribution in [1.29, 1.82) is 0 Å². The number of Topliss-reactive ketones (excluding diaryl/α,β-unsaturated/α-hetero) is 1. The lowest BCUT2D eigenvalue weighted by Crippen LogP contribution is -2.24. The van der Waals surface area contributed by atoms with Gasteiger partial charge in [0.15, 0.2) is 5.78 Å². The highest BCUT2D eigenvalue weighted by Crippen LogP contribution is 2.11. The first-order valence-electron chi connectivity index (χ1n) is 5.59. The minimum atomic E-state index is 0.178. The molecule has 94 valence electrons. The molecule has 0 N–H and O–H groups in total. The molecule has 0 saturated heterocycles. The zero-order valence-corrected chi connectivity index (χ0v) is 11.9. The molecular formula is C13H18ClNOS. The summed E-state index contributed by atoms with van der Waals surface area (Å²) < 4.78 is 0. The molecule has 4 heteroatoms. The molecule has 0 heterocycles. The van der Waals surface area contributed by atoms with Crippen LogP contribution in [0, 0.1) is 0 Å². The Labute approximate surface area is 112 Å². The van der Waals surface area contributed by atoms with E-state index in [0.29, 0.717) is 11.4 Å². The van der Waals surface area contributed by atoms with Crippen LogP contribution in [-0.2, 0) is 0 Å². The molecule has 17 heavy (non-hydrogen) atoms. The average Bonchev–Trinajstić information content (AvgIpc) is 2.34. The Kier molecular flexibility index (Phi) is 6.63. The largest absolute Gasteiger partial charge is 0.305 e. The number of carbonyl (C=O) groups excluding carboxylic acids is 1. The number of carbonyl (C=O) groups is 1. The Morgan fingerprint density at radius 2 is 1.94 bits per heavy atom. The minimum absolute atomic E-state index is 0.178. The topological polar surface area (TPSA) is 20.3 Å². The number of halogens is 1. The summed E-state index contributed by atoms with van der Waals surface area (Å²) in [4.78, 5) is 14.0. The van der Waals surface area contributed by atoms with Gasteiger partial charge in [0, 0.05) is 35.8 Å². The Bertz CT molecular complexity index is 353. The molecule has 1 rings (SSSR count). The first-order chi connectivity index (χ1) is 8.13. The van der Waals surface area contributed by atoms with Gasteiger partial charge in [0.1, 0.15) is 0 Å². The van der Waals surface area contributed by atoms with E-state index < -0.39 is 0 Å². The summed E-state index contributed by atoms with van der Waals surface area (Å²) in [6.45, 7) is 1.83. The van der Waals surface area contributed by atoms with Crippen molar-refractivity contribution in [2.45, 2.75) is 6.42 Å². The standard InChI is InChI=1S/C13H18ClNOS/c1-15(9-10-17-2)8-7-13(16)11-3-5-12(14)6-4-11/h3-6H,7-10H2,1-2H3. The molecule has 1 aromatic rings. The van der Waals surface area contributed by atoms with Crippen molar-refractivity contribution in [2.24, 2.45) is 0 Å². The van der Waals surface area contributed by atoms with Crippen LogP contribution >= 0.6 is 23.4 Å². The van der Waals surface area contributed by atoms with E-state index in [2.05, 4.69) is 11.2 Å². The lowest BCUT2D eigenvalue weighted by Gasteiger charge is -2.15. The zero-order valence-electron chi connectivity index (χ0n) is 10.3. The van der Waals surface area contributed by atoms with Gasteiger partial charge >= 0.3 is 0 Å². The number of rotatable bonds is 7. The van der Waals surface area contributed by atoms with Crippen molar-refractivity contribution in [2.75, 3.05) is 32.1 Å². The Hall–Kier alpha value is -0.510. The molecule has 0 atom stereocenters. The third-order valence-corrected chi connectivity index (χ3v) is 3.41. The zero-order chi connectivity index (χ0) is 12.7. The summed E-state index contributed by atoms with van der Waals surface area (Å²) in [6.07, 6.45) is 2.65. The van der Waals surface area contributed by atoms with Crippen LogP contribution in [0.5, 0.6) is 0 Å². The van der Waals surface area contributed by atoms with Gasteiger partial charge in [-0.25, -0.2) is 0 Å². The maximum absolute atomic E-state index is 11.9. The van der Waals surface area contributed by atoms with Crippen molar-refractivity contribution in [3.63, 3.8) is 0 Å². The number of benzene rings is 1. The van der Waals surface area contributed by atoms with Gasteiger partial charge in [-0.3, -0.25) is 4.79 Å². The predicted octanol–water partition coefficient (Wildman–Crippen LogP) is 3.21. The summed E-state index contributed by atoms with van der Waals surface area (Å²) in [5, 5.41) is 0.665. The second-order valence-electron chi connectivity index (χ2n) is 3.98. The Morgan fingerprint density at radius 3 is 2.53 bits per heavy atom. The molecular weight excluding hydrogens is 254 g/mol. The van der Waals surface area contributed by atoms with Crippen LogP contribution in [0.4, 0.5) is 0 Å². The molecule has 0 bridgehead atoms. The predicted molar refractivity (Wildman–Crippen MR) is 76.3 cm³/mol. The third kappa shape index (κ3) is 5.57. The van der Waals surface area contributed by atoms with Crippen molar-refractivity contribution < 1.29 is 4.79 Å². The molecule has 0 aliphatic rings. The van der Waals surface area contributed by atoms with Crippen LogP contribution < -0.4 is 0 Å². The van der Waals surface area contributed by atoms with Crippen LogP contribution in [0.25, 0.3) is 0 Å². The van der Waals surface area contributed by atoms with Crippen molar-refractivity contribution in [3.05, 3.63) is 34.9 Å². The van der Waals surface area contributed by atoms with Crippen LogP contribution in [0.1, 0.15) is 16.8 Å². The van der Waals surface area contributed by atoms with Gasteiger partial charge in [-0.05, 0) is 37.6 Å². The summed E-state index contributed by atoms with van der Waals surface area (Å²) >= 11 is 7.60. The van der Waals surface area contributed by atoms with Crippen LogP contribution in [0.15, 0.2) is 24.3 Å². The van der Waals surface area contributed by atoms with E-state index in [4.69, 9.17) is 11.6 Å². The van der Waals surface area contributed by atoms with E-state index >= 15 is 0 Å². The van der Waals surface area contributed by atoms with E-state index in [1.54, 1.807) is 24.3 Å². The quantitative estimate of drug-likeness (QED) is 0.711. The molecule has 0 unspecified atom stereocenters. The molecule has 0 aliphatic carbocycles. The third-order valence-electron chi connectivity index (χ3n) is 2.56. The number of nitrogens with zero attached hydrogens (tertiary/aromatic N) is 1. The molecule has 0 fully saturated rings. The highest BCUT2D eigenvalue weighted by Gasteiger charge is 2.07. The molecule has 1 aromatic carbocycles. The molecule has 0 aromatic heterocycles. The van der Waals surface area contributed by atoms with Crippen molar-refractivity contribution in [3.8, 4) is 0 Å². The smallest absolute Gasteiger partial charge is 0.164 e. The van der Waals surface area contributed by atoms with Gasteiger partial charge in [-0.15, -0.1) is 0 Å². The lowest BCUT2D eigenvalue weighted by atomic mass is 10.1. The van der Waals surface area contributed by atoms with Crippen molar-refractivity contribution >= 4 is 29.1 Å². The highest BCUT2D eigenvalue weighted by atomic mass is 35.5. The number of hydrogen-bond acceptors (Lipinski definition) is 3. The first kappa shape index (κ1) is 14.6. The fourth-order valence-electron chi connectivity index (χ4n) is 1.43. The fourth-order valence-corrected chi connectivity index (χ4v) is 2.05. The fraction of sp³-hybridized carbons (Fsp3) is 0.462. The van der Waals surface area contributed by atoms with Crippen LogP contribution in [0.3, 0.4) is 0 Å². The SMILES string of the molecule is CSCCN(C)CCC(=O)c1ccc(Cl)cc1. The van der Waals surface area contributed by atoms with Crippen LogP contribution in [0.2, 0.25) is 5.02 Å². The second-order valence-corrected chi connectivity index (χ2v) is 5.40. The monoisotopic (exact) mass is 271 g/mol. The summed E-state index contributed by atoms with van der Waals surface area (Å²) in [7, 11) is 2.05. The molecule has 0 saturated carbocycles. The second kappa shape index (κ2) is 7.75. The summed E-state index contributed by atoms with van der Waals surface area (Å²) in [5.74, 6) is 1.28. The average molecular weight is 272 g/mol. The molecule has 0 spiro atoms. The van der Waals surface area contributed by atoms with E-state index in [0.717, 1.165) is 24.4 Å². The van der Waals surface area contributed by atoms with E-state index in [9.17, 15) is 4.79 Å². The van der Waals surface area contributed by atoms with Crippen LogP contribution in [-0.4, -0.2) is 42.8 Å². The van der Waals surface area contributed by atoms with Gasteiger partial charge in [0.25, 0.3) is 0 Å². The van der Waals surface area contributed by atoms with Gasteiger partial charge in [0.05, 0.1) is 0 Å². The maximum Gasteiger partial charge on any atom is 0.164 e. The molecule has 0 radical (unpaired) electrons. The Morgan fingerprint density at radius 1 is 1.29 bits per heavy atom. The van der Waals surface area contributed by atoms with E-state index in [-0.39, 0.29) is 5.78 Å². The first-order valence-corrected chi connectivity index (χ1v) is 7.37. The molecule has 0 amide bonds. The van der Waals surface area contributed by atoms with Crippen molar-refractivity contribution in [1.82, 2.24) is 4.90 Å². The summed E-state index contributed by atoms with van der Waals surface area (Å²) in [6, 6.07) is 7.08. The number of hydrogen-bond donors (Lipinski definition) is 0. The highest BCUT2D eigenvalue weighted by molar-refractivity contribution is 7.98. The van der Waals surface area contributed by atoms with Gasteiger partial charge in [-0.1, -0.05) is 11.6 Å². The van der Waals surface area contributed by atoms with E-state index in [1.807, 2.05) is 18.8 Å².